The lowest BCUT2D eigenvalue weighted by molar-refractivity contribution is 0.870. The highest BCUT2D eigenvalue weighted by Crippen LogP contribution is 2.22. The summed E-state index contributed by atoms with van der Waals surface area (Å²) in [6, 6.07) is 13.4. The maximum atomic E-state index is 11.3. The van der Waals surface area contributed by atoms with Crippen LogP contribution < -0.4 is 17.2 Å². The Bertz CT molecular complexity index is 785. The van der Waals surface area contributed by atoms with Crippen LogP contribution >= 0.6 is 0 Å². The van der Waals surface area contributed by atoms with Crippen LogP contribution in [0.4, 0.5) is 0 Å². The topological polar surface area (TPSA) is 101 Å². The van der Waals surface area contributed by atoms with Crippen LogP contribution in [0.25, 0.3) is 11.0 Å². The summed E-state index contributed by atoms with van der Waals surface area (Å²) in [5.74, 6) is 0. The number of hydrogen-bond donors (Lipinski definition) is 4. The Labute approximate surface area is 115 Å². The van der Waals surface area contributed by atoms with Crippen molar-refractivity contribution in [3.8, 4) is 0 Å². The van der Waals surface area contributed by atoms with Gasteiger partial charge >= 0.3 is 5.69 Å². The van der Waals surface area contributed by atoms with E-state index in [2.05, 4.69) is 9.97 Å². The lowest BCUT2D eigenvalue weighted by Crippen LogP contribution is -2.12. The van der Waals surface area contributed by atoms with Gasteiger partial charge < -0.3 is 21.4 Å². The molecule has 0 radical (unpaired) electrons. The van der Waals surface area contributed by atoms with Crippen LogP contribution in [-0.4, -0.2) is 9.97 Å². The van der Waals surface area contributed by atoms with Crippen LogP contribution in [0.2, 0.25) is 0 Å². The molecule has 0 saturated heterocycles. The maximum absolute atomic E-state index is 11.3. The van der Waals surface area contributed by atoms with Crippen LogP contribution in [0, 0.1) is 0 Å². The maximum Gasteiger partial charge on any atom is 0.323 e. The number of nitrogens with two attached hydrogens (primary N) is 2. The van der Waals surface area contributed by atoms with E-state index in [9.17, 15) is 4.79 Å². The van der Waals surface area contributed by atoms with Gasteiger partial charge in [-0.15, -0.1) is 0 Å². The second kappa shape index (κ2) is 4.96. The van der Waals surface area contributed by atoms with E-state index in [0.717, 1.165) is 27.7 Å². The van der Waals surface area contributed by atoms with Crippen molar-refractivity contribution in [2.24, 2.45) is 11.5 Å². The Morgan fingerprint density at radius 2 is 1.60 bits per heavy atom. The van der Waals surface area contributed by atoms with E-state index >= 15 is 0 Å². The Morgan fingerprint density at radius 3 is 2.30 bits per heavy atom. The normalized spacial score (nSPS) is 12.7. The van der Waals surface area contributed by atoms with E-state index in [1.165, 1.54) is 0 Å². The van der Waals surface area contributed by atoms with Crippen molar-refractivity contribution >= 4 is 11.0 Å². The fraction of sp³-hybridized carbons (Fsp3) is 0.133. The lowest BCUT2D eigenvalue weighted by Gasteiger charge is -2.13. The van der Waals surface area contributed by atoms with E-state index in [1.807, 2.05) is 42.5 Å². The molecule has 0 amide bonds. The molecule has 1 aromatic heterocycles. The summed E-state index contributed by atoms with van der Waals surface area (Å²) in [5.41, 5.74) is 16.2. The fourth-order valence-electron chi connectivity index (χ4n) is 2.30. The molecular formula is C15H16N4O. The summed E-state index contributed by atoms with van der Waals surface area (Å²) >= 11 is 0. The molecule has 1 unspecified atom stereocenters. The van der Waals surface area contributed by atoms with Crippen LogP contribution in [-0.2, 0) is 6.54 Å². The predicted octanol–water partition coefficient (Wildman–Crippen LogP) is 1.36. The van der Waals surface area contributed by atoms with Crippen molar-refractivity contribution in [1.82, 2.24) is 9.97 Å². The zero-order valence-corrected chi connectivity index (χ0v) is 10.9. The molecule has 0 bridgehead atoms. The van der Waals surface area contributed by atoms with Crippen molar-refractivity contribution in [2.45, 2.75) is 12.6 Å². The minimum atomic E-state index is -0.232. The first-order valence-electron chi connectivity index (χ1n) is 6.44. The molecule has 0 fully saturated rings. The molecule has 3 aromatic rings. The summed E-state index contributed by atoms with van der Waals surface area (Å²) in [5, 5.41) is 0. The van der Waals surface area contributed by atoms with Gasteiger partial charge in [0.1, 0.15) is 0 Å². The molecule has 0 saturated carbocycles. The van der Waals surface area contributed by atoms with Gasteiger partial charge in [-0.1, -0.05) is 30.3 Å². The number of imidazole rings is 1. The predicted molar refractivity (Wildman–Crippen MR) is 79.3 cm³/mol. The third kappa shape index (κ3) is 2.24. The van der Waals surface area contributed by atoms with Crippen molar-refractivity contribution in [3.63, 3.8) is 0 Å². The number of H-pyrrole nitrogens is 2. The van der Waals surface area contributed by atoms with Gasteiger partial charge in [-0.3, -0.25) is 0 Å². The van der Waals surface area contributed by atoms with E-state index in [0.29, 0.717) is 6.54 Å². The first kappa shape index (κ1) is 12.7. The Kier molecular flexibility index (Phi) is 3.14. The third-order valence-corrected chi connectivity index (χ3v) is 3.47. The number of rotatable bonds is 3. The average molecular weight is 268 g/mol. The molecule has 0 aliphatic rings. The van der Waals surface area contributed by atoms with Crippen LogP contribution in [0.3, 0.4) is 0 Å². The molecule has 5 nitrogen and oxygen atoms in total. The molecule has 0 aliphatic carbocycles. The smallest absolute Gasteiger partial charge is 0.323 e. The summed E-state index contributed by atoms with van der Waals surface area (Å²) in [6.07, 6.45) is 0. The highest BCUT2D eigenvalue weighted by Gasteiger charge is 2.10. The summed E-state index contributed by atoms with van der Waals surface area (Å²) in [7, 11) is 0. The van der Waals surface area contributed by atoms with Gasteiger partial charge in [0.05, 0.1) is 17.1 Å². The molecule has 0 aliphatic heterocycles. The van der Waals surface area contributed by atoms with Crippen molar-refractivity contribution < 1.29 is 0 Å². The molecule has 3 rings (SSSR count). The van der Waals surface area contributed by atoms with Gasteiger partial charge in [-0.05, 0) is 28.8 Å². The Hall–Kier alpha value is -2.37. The SMILES string of the molecule is NCc1ccc(C(N)c2ccc3[nH]c(=O)[nH]c3c2)cc1. The Balaban J connectivity index is 1.97. The number of aromatic amines is 2. The molecule has 102 valence electrons. The van der Waals surface area contributed by atoms with Gasteiger partial charge in [0.15, 0.2) is 0 Å². The number of fused-ring (bicyclic) bond motifs is 1. The van der Waals surface area contributed by atoms with Crippen LogP contribution in [0.5, 0.6) is 0 Å². The van der Waals surface area contributed by atoms with E-state index in [4.69, 9.17) is 11.5 Å². The van der Waals surface area contributed by atoms with E-state index in [1.54, 1.807) is 0 Å². The van der Waals surface area contributed by atoms with Gasteiger partial charge in [0.2, 0.25) is 0 Å². The number of aromatic nitrogens is 2. The first-order valence-corrected chi connectivity index (χ1v) is 6.44. The number of hydrogen-bond acceptors (Lipinski definition) is 3. The van der Waals surface area contributed by atoms with Crippen molar-refractivity contribution in [3.05, 3.63) is 69.6 Å². The average Bonchev–Trinajstić information content (AvgIpc) is 2.85. The van der Waals surface area contributed by atoms with E-state index < -0.39 is 0 Å². The minimum absolute atomic E-state index is 0.210. The largest absolute Gasteiger partial charge is 0.326 e. The van der Waals surface area contributed by atoms with Gasteiger partial charge in [-0.25, -0.2) is 4.79 Å². The summed E-state index contributed by atoms with van der Waals surface area (Å²) in [6.45, 7) is 0.520. The van der Waals surface area contributed by atoms with Gasteiger partial charge in [0, 0.05) is 6.54 Å². The zero-order valence-electron chi connectivity index (χ0n) is 10.9. The second-order valence-electron chi connectivity index (χ2n) is 4.81. The molecule has 1 atom stereocenters. The molecule has 0 spiro atoms. The van der Waals surface area contributed by atoms with Crippen molar-refractivity contribution in [1.29, 1.82) is 0 Å². The van der Waals surface area contributed by atoms with Gasteiger partial charge in [-0.2, -0.15) is 0 Å². The van der Waals surface area contributed by atoms with E-state index in [-0.39, 0.29) is 11.7 Å². The van der Waals surface area contributed by atoms with Crippen LogP contribution in [0.15, 0.2) is 47.3 Å². The zero-order chi connectivity index (χ0) is 14.1. The molecule has 1 heterocycles. The Morgan fingerprint density at radius 1 is 0.950 bits per heavy atom. The van der Waals surface area contributed by atoms with Crippen LogP contribution in [0.1, 0.15) is 22.7 Å². The minimum Gasteiger partial charge on any atom is -0.326 e. The standard InChI is InChI=1S/C15H16N4O/c16-8-9-1-3-10(4-2-9)14(17)11-5-6-12-13(7-11)19-15(20)18-12/h1-7,14H,8,16-17H2,(H2,18,19,20). The summed E-state index contributed by atoms with van der Waals surface area (Å²) in [4.78, 5) is 16.7. The lowest BCUT2D eigenvalue weighted by atomic mass is 9.98. The van der Waals surface area contributed by atoms with Crippen molar-refractivity contribution in [2.75, 3.05) is 0 Å². The first-order chi connectivity index (χ1) is 9.67. The molecular weight excluding hydrogens is 252 g/mol. The molecule has 2 aromatic carbocycles. The quantitative estimate of drug-likeness (QED) is 0.577. The number of nitrogens with one attached hydrogen (secondary N) is 2. The molecule has 20 heavy (non-hydrogen) atoms. The fourth-order valence-corrected chi connectivity index (χ4v) is 2.30. The molecule has 5 heteroatoms. The van der Waals surface area contributed by atoms with Gasteiger partial charge in [0.25, 0.3) is 0 Å². The second-order valence-corrected chi connectivity index (χ2v) is 4.81. The molecule has 6 N–H and O–H groups in total. The monoisotopic (exact) mass is 268 g/mol. The third-order valence-electron chi connectivity index (χ3n) is 3.47. The number of benzene rings is 2. The highest BCUT2D eigenvalue weighted by atomic mass is 16.1. The highest BCUT2D eigenvalue weighted by molar-refractivity contribution is 5.75. The summed E-state index contributed by atoms with van der Waals surface area (Å²) < 4.78 is 0.